The van der Waals surface area contributed by atoms with E-state index in [1.807, 2.05) is 6.07 Å². The molecule has 0 aromatic carbocycles. The van der Waals surface area contributed by atoms with E-state index in [0.717, 1.165) is 36.2 Å². The molecular weight excluding hydrogens is 273 g/mol. The summed E-state index contributed by atoms with van der Waals surface area (Å²) in [7, 11) is 0. The van der Waals surface area contributed by atoms with Crippen molar-refractivity contribution in [2.75, 3.05) is 32.9 Å². The van der Waals surface area contributed by atoms with Crippen molar-refractivity contribution < 1.29 is 4.39 Å². The molecule has 1 aromatic heterocycles. The van der Waals surface area contributed by atoms with Gasteiger partial charge in [-0.2, -0.15) is 0 Å². The number of nitrogens with one attached hydrogen (secondary N) is 1. The molecule has 0 aliphatic carbocycles. The van der Waals surface area contributed by atoms with Gasteiger partial charge in [-0.25, -0.2) is 4.39 Å². The minimum Gasteiger partial charge on any atom is -0.314 e. The summed E-state index contributed by atoms with van der Waals surface area (Å²) in [4.78, 5) is 6.26. The third kappa shape index (κ3) is 2.78. The lowest BCUT2D eigenvalue weighted by Crippen LogP contribution is -2.45. The lowest BCUT2D eigenvalue weighted by molar-refractivity contribution is 0.147. The standard InChI is InChI=1S/C11H15BrFN3/c12-10-5-9(7-15-8-10)11(6-13)16-3-1-14-2-4-16/h5,7-8,11,14H,1-4,6H2/t11-/m1/s1. The van der Waals surface area contributed by atoms with Crippen LogP contribution in [0.3, 0.4) is 0 Å². The van der Waals surface area contributed by atoms with E-state index in [1.165, 1.54) is 0 Å². The summed E-state index contributed by atoms with van der Waals surface area (Å²) in [6, 6.07) is 1.78. The van der Waals surface area contributed by atoms with Gasteiger partial charge in [0.25, 0.3) is 0 Å². The van der Waals surface area contributed by atoms with E-state index < -0.39 is 0 Å². The van der Waals surface area contributed by atoms with Crippen LogP contribution in [0.5, 0.6) is 0 Å². The summed E-state index contributed by atoms with van der Waals surface area (Å²) >= 11 is 3.37. The van der Waals surface area contributed by atoms with Crippen molar-refractivity contribution in [3.05, 3.63) is 28.5 Å². The van der Waals surface area contributed by atoms with Crippen molar-refractivity contribution in [2.45, 2.75) is 6.04 Å². The first-order chi connectivity index (χ1) is 7.81. The Morgan fingerprint density at radius 3 is 2.81 bits per heavy atom. The Morgan fingerprint density at radius 1 is 1.44 bits per heavy atom. The van der Waals surface area contributed by atoms with Gasteiger partial charge in [-0.05, 0) is 27.6 Å². The number of rotatable bonds is 3. The Balaban J connectivity index is 2.14. The van der Waals surface area contributed by atoms with Crippen LogP contribution in [0.4, 0.5) is 4.39 Å². The molecule has 1 atom stereocenters. The first-order valence-corrected chi connectivity index (χ1v) is 6.22. The van der Waals surface area contributed by atoms with Crippen LogP contribution in [-0.2, 0) is 0 Å². The van der Waals surface area contributed by atoms with Crippen molar-refractivity contribution in [1.29, 1.82) is 0 Å². The lowest BCUT2D eigenvalue weighted by atomic mass is 10.1. The van der Waals surface area contributed by atoms with E-state index in [0.29, 0.717) is 0 Å². The summed E-state index contributed by atoms with van der Waals surface area (Å²) in [5, 5.41) is 3.27. The van der Waals surface area contributed by atoms with E-state index in [1.54, 1.807) is 12.4 Å². The summed E-state index contributed by atoms with van der Waals surface area (Å²) in [5.74, 6) is 0. The van der Waals surface area contributed by atoms with E-state index >= 15 is 0 Å². The highest BCUT2D eigenvalue weighted by Crippen LogP contribution is 2.23. The second kappa shape index (κ2) is 5.70. The third-order valence-electron chi connectivity index (χ3n) is 2.85. The maximum atomic E-state index is 13.2. The van der Waals surface area contributed by atoms with Gasteiger partial charge in [0.1, 0.15) is 6.67 Å². The fourth-order valence-corrected chi connectivity index (χ4v) is 2.38. The van der Waals surface area contributed by atoms with Crippen molar-refractivity contribution in [3.63, 3.8) is 0 Å². The van der Waals surface area contributed by atoms with Crippen LogP contribution >= 0.6 is 15.9 Å². The molecule has 1 aliphatic rings. The first kappa shape index (κ1) is 12.0. The molecule has 1 N–H and O–H groups in total. The minimum atomic E-state index is -0.363. The Bertz CT molecular complexity index is 342. The minimum absolute atomic E-state index is 0.160. The van der Waals surface area contributed by atoms with Gasteiger partial charge in [-0.15, -0.1) is 0 Å². The number of pyridine rings is 1. The summed E-state index contributed by atoms with van der Waals surface area (Å²) in [5.41, 5.74) is 0.943. The fourth-order valence-electron chi connectivity index (χ4n) is 2.00. The zero-order valence-electron chi connectivity index (χ0n) is 9.00. The number of piperazine rings is 1. The lowest BCUT2D eigenvalue weighted by Gasteiger charge is -2.33. The molecule has 2 heterocycles. The van der Waals surface area contributed by atoms with Crippen molar-refractivity contribution >= 4 is 15.9 Å². The Kier molecular flexibility index (Phi) is 4.26. The number of halogens is 2. The smallest absolute Gasteiger partial charge is 0.109 e. The predicted octanol–water partition coefficient (Wildman–Crippen LogP) is 1.76. The molecular formula is C11H15BrFN3. The largest absolute Gasteiger partial charge is 0.314 e. The maximum Gasteiger partial charge on any atom is 0.109 e. The molecule has 1 saturated heterocycles. The van der Waals surface area contributed by atoms with Gasteiger partial charge in [0.2, 0.25) is 0 Å². The maximum absolute atomic E-state index is 13.2. The molecule has 88 valence electrons. The molecule has 3 nitrogen and oxygen atoms in total. The van der Waals surface area contributed by atoms with E-state index in [-0.39, 0.29) is 12.7 Å². The predicted molar refractivity (Wildman–Crippen MR) is 65.1 cm³/mol. The van der Waals surface area contributed by atoms with Crippen LogP contribution in [0.15, 0.2) is 22.9 Å². The molecule has 1 aliphatic heterocycles. The molecule has 0 saturated carbocycles. The summed E-state index contributed by atoms with van der Waals surface area (Å²) in [6.45, 7) is 3.27. The van der Waals surface area contributed by atoms with Crippen molar-refractivity contribution in [1.82, 2.24) is 15.2 Å². The molecule has 0 spiro atoms. The second-order valence-electron chi connectivity index (χ2n) is 3.89. The number of nitrogens with zero attached hydrogens (tertiary/aromatic N) is 2. The highest BCUT2D eigenvalue weighted by atomic mass is 79.9. The van der Waals surface area contributed by atoms with Gasteiger partial charge in [-0.1, -0.05) is 0 Å². The van der Waals surface area contributed by atoms with E-state index in [4.69, 9.17) is 0 Å². The molecule has 16 heavy (non-hydrogen) atoms. The van der Waals surface area contributed by atoms with Crippen LogP contribution in [0.1, 0.15) is 11.6 Å². The number of aromatic nitrogens is 1. The van der Waals surface area contributed by atoms with E-state index in [9.17, 15) is 4.39 Å². The SMILES string of the molecule is FC[C@H](c1cncc(Br)c1)N1CCNCC1. The van der Waals surface area contributed by atoms with Crippen LogP contribution in [-0.4, -0.2) is 42.7 Å². The Labute approximate surface area is 103 Å². The molecule has 0 amide bonds. The summed E-state index contributed by atoms with van der Waals surface area (Å²) < 4.78 is 14.1. The van der Waals surface area contributed by atoms with Crippen molar-refractivity contribution in [2.24, 2.45) is 0 Å². The number of alkyl halides is 1. The average Bonchev–Trinajstić information content (AvgIpc) is 2.31. The van der Waals surface area contributed by atoms with E-state index in [2.05, 4.69) is 31.1 Å². The average molecular weight is 288 g/mol. The molecule has 1 fully saturated rings. The molecule has 0 radical (unpaired) electrons. The van der Waals surface area contributed by atoms with Gasteiger partial charge in [-0.3, -0.25) is 9.88 Å². The second-order valence-corrected chi connectivity index (χ2v) is 4.81. The molecule has 5 heteroatoms. The van der Waals surface area contributed by atoms with Crippen molar-refractivity contribution in [3.8, 4) is 0 Å². The quantitative estimate of drug-likeness (QED) is 0.918. The molecule has 1 aromatic rings. The zero-order valence-corrected chi connectivity index (χ0v) is 10.6. The summed E-state index contributed by atoms with van der Waals surface area (Å²) in [6.07, 6.45) is 3.47. The van der Waals surface area contributed by atoms with Crippen LogP contribution in [0.2, 0.25) is 0 Å². The monoisotopic (exact) mass is 287 g/mol. The van der Waals surface area contributed by atoms with Gasteiger partial charge in [0.05, 0.1) is 6.04 Å². The van der Waals surface area contributed by atoms with Crippen LogP contribution in [0.25, 0.3) is 0 Å². The number of hydrogen-bond acceptors (Lipinski definition) is 3. The van der Waals surface area contributed by atoms with Gasteiger partial charge < -0.3 is 5.32 Å². The Hall–Kier alpha value is -0.520. The first-order valence-electron chi connectivity index (χ1n) is 5.42. The van der Waals surface area contributed by atoms with Crippen LogP contribution < -0.4 is 5.32 Å². The zero-order chi connectivity index (χ0) is 11.4. The molecule has 0 unspecified atom stereocenters. The third-order valence-corrected chi connectivity index (χ3v) is 3.28. The molecule has 2 rings (SSSR count). The highest BCUT2D eigenvalue weighted by Gasteiger charge is 2.22. The van der Waals surface area contributed by atoms with Gasteiger partial charge in [0.15, 0.2) is 0 Å². The van der Waals surface area contributed by atoms with Gasteiger partial charge in [0, 0.05) is 43.0 Å². The normalized spacial score (nSPS) is 19.6. The fraction of sp³-hybridized carbons (Fsp3) is 0.545. The number of hydrogen-bond donors (Lipinski definition) is 1. The van der Waals surface area contributed by atoms with Gasteiger partial charge >= 0.3 is 0 Å². The molecule has 0 bridgehead atoms. The topological polar surface area (TPSA) is 28.2 Å². The van der Waals surface area contributed by atoms with Crippen LogP contribution in [0, 0.1) is 0 Å². The highest BCUT2D eigenvalue weighted by molar-refractivity contribution is 9.10. The Morgan fingerprint density at radius 2 is 2.19 bits per heavy atom.